The van der Waals surface area contributed by atoms with Gasteiger partial charge in [-0.15, -0.1) is 0 Å². The maximum Gasteiger partial charge on any atom is 0.245 e. The monoisotopic (exact) mass is 198 g/mol. The molecule has 1 fully saturated rings. The smallest absolute Gasteiger partial charge is 0.245 e. The first kappa shape index (κ1) is 9.44. The summed E-state index contributed by atoms with van der Waals surface area (Å²) in [6.07, 6.45) is -0.570. The van der Waals surface area contributed by atoms with Crippen LogP contribution in [-0.2, 0) is 0 Å². The number of hydrogen-bond acceptors (Lipinski definition) is 1. The van der Waals surface area contributed by atoms with Crippen LogP contribution >= 0.6 is 0 Å². The van der Waals surface area contributed by atoms with Crippen molar-refractivity contribution in [2.24, 2.45) is 5.92 Å². The number of benzene rings is 1. The van der Waals surface area contributed by atoms with Gasteiger partial charge in [0.05, 0.1) is 0 Å². The lowest BCUT2D eigenvalue weighted by molar-refractivity contribution is 0.104. The number of halogens is 2. The van der Waals surface area contributed by atoms with Gasteiger partial charge in [-0.2, -0.15) is 0 Å². The third kappa shape index (κ3) is 1.86. The van der Waals surface area contributed by atoms with Crippen LogP contribution in [0, 0.1) is 5.92 Å². The molecule has 2 rings (SSSR count). The molecule has 0 bridgehead atoms. The van der Waals surface area contributed by atoms with Crippen molar-refractivity contribution in [1.82, 2.24) is 0 Å². The third-order valence-electron chi connectivity index (χ3n) is 2.66. The van der Waals surface area contributed by atoms with Gasteiger partial charge in [-0.05, 0) is 36.5 Å². The number of phenols is 1. The molecule has 1 atom stereocenters. The van der Waals surface area contributed by atoms with E-state index in [4.69, 9.17) is 0 Å². The van der Waals surface area contributed by atoms with Crippen LogP contribution in [0.15, 0.2) is 24.3 Å². The van der Waals surface area contributed by atoms with Gasteiger partial charge in [0, 0.05) is 5.92 Å². The fourth-order valence-corrected chi connectivity index (χ4v) is 1.81. The molecule has 76 valence electrons. The van der Waals surface area contributed by atoms with E-state index >= 15 is 0 Å². The standard InChI is InChI=1S/C11H12F2O/c12-11(13)10(7-4-5-7)8-2-1-3-9(14)6-8/h1-3,6-7,10-11,14H,4-5H2. The van der Waals surface area contributed by atoms with Gasteiger partial charge in [0.1, 0.15) is 5.75 Å². The van der Waals surface area contributed by atoms with Crippen LogP contribution < -0.4 is 0 Å². The van der Waals surface area contributed by atoms with Crippen molar-refractivity contribution in [1.29, 1.82) is 0 Å². The van der Waals surface area contributed by atoms with Crippen LogP contribution in [0.2, 0.25) is 0 Å². The molecule has 0 heterocycles. The molecular formula is C11H12F2O. The minimum atomic E-state index is -2.33. The Kier molecular flexibility index (Phi) is 2.40. The van der Waals surface area contributed by atoms with E-state index in [0.717, 1.165) is 12.8 Å². The van der Waals surface area contributed by atoms with Crippen LogP contribution in [0.1, 0.15) is 24.3 Å². The Labute approximate surface area is 81.4 Å². The maximum absolute atomic E-state index is 12.7. The average molecular weight is 198 g/mol. The molecule has 1 unspecified atom stereocenters. The Morgan fingerprint density at radius 1 is 1.29 bits per heavy atom. The predicted octanol–water partition coefficient (Wildman–Crippen LogP) is 3.15. The highest BCUT2D eigenvalue weighted by molar-refractivity contribution is 5.31. The molecule has 3 heteroatoms. The van der Waals surface area contributed by atoms with Gasteiger partial charge >= 0.3 is 0 Å². The zero-order valence-corrected chi connectivity index (χ0v) is 7.66. The van der Waals surface area contributed by atoms with Gasteiger partial charge in [-0.1, -0.05) is 12.1 Å². The minimum absolute atomic E-state index is 0.0637. The molecule has 0 aliphatic heterocycles. The summed E-state index contributed by atoms with van der Waals surface area (Å²) in [7, 11) is 0. The van der Waals surface area contributed by atoms with Crippen LogP contribution in [0.5, 0.6) is 5.75 Å². The van der Waals surface area contributed by atoms with Crippen LogP contribution in [0.25, 0.3) is 0 Å². The van der Waals surface area contributed by atoms with Crippen molar-refractivity contribution >= 4 is 0 Å². The Morgan fingerprint density at radius 2 is 2.00 bits per heavy atom. The zero-order chi connectivity index (χ0) is 10.1. The fourth-order valence-electron chi connectivity index (χ4n) is 1.81. The van der Waals surface area contributed by atoms with E-state index in [0.29, 0.717) is 5.56 Å². The van der Waals surface area contributed by atoms with E-state index in [1.807, 2.05) is 0 Å². The van der Waals surface area contributed by atoms with E-state index in [9.17, 15) is 13.9 Å². The Bertz CT molecular complexity index is 319. The summed E-state index contributed by atoms with van der Waals surface area (Å²) in [5.41, 5.74) is 0.558. The fraction of sp³-hybridized carbons (Fsp3) is 0.455. The molecule has 0 aromatic heterocycles. The van der Waals surface area contributed by atoms with Gasteiger partial charge in [-0.3, -0.25) is 0 Å². The van der Waals surface area contributed by atoms with Crippen molar-refractivity contribution in [3.8, 4) is 5.75 Å². The van der Waals surface area contributed by atoms with E-state index in [1.165, 1.54) is 12.1 Å². The lowest BCUT2D eigenvalue weighted by atomic mass is 9.94. The summed E-state index contributed by atoms with van der Waals surface area (Å²) in [5.74, 6) is -0.521. The molecule has 1 saturated carbocycles. The Morgan fingerprint density at radius 3 is 2.50 bits per heavy atom. The molecule has 1 aromatic rings. The van der Waals surface area contributed by atoms with Crippen molar-refractivity contribution in [2.75, 3.05) is 0 Å². The molecular weight excluding hydrogens is 186 g/mol. The van der Waals surface area contributed by atoms with Gasteiger partial charge in [0.2, 0.25) is 6.43 Å². The van der Waals surface area contributed by atoms with Gasteiger partial charge in [0.15, 0.2) is 0 Å². The van der Waals surface area contributed by atoms with Gasteiger partial charge in [-0.25, -0.2) is 8.78 Å². The van der Waals surface area contributed by atoms with Crippen LogP contribution in [0.4, 0.5) is 8.78 Å². The third-order valence-corrected chi connectivity index (χ3v) is 2.66. The molecule has 1 aromatic carbocycles. The lowest BCUT2D eigenvalue weighted by Crippen LogP contribution is -2.11. The van der Waals surface area contributed by atoms with Crippen molar-refractivity contribution < 1.29 is 13.9 Å². The second kappa shape index (κ2) is 3.56. The molecule has 0 amide bonds. The Balaban J connectivity index is 2.25. The van der Waals surface area contributed by atoms with Crippen molar-refractivity contribution in [3.05, 3.63) is 29.8 Å². The molecule has 0 saturated heterocycles. The zero-order valence-electron chi connectivity index (χ0n) is 7.66. The van der Waals surface area contributed by atoms with E-state index in [2.05, 4.69) is 0 Å². The summed E-state index contributed by atoms with van der Waals surface area (Å²) in [6.45, 7) is 0. The van der Waals surface area contributed by atoms with Crippen molar-refractivity contribution in [3.63, 3.8) is 0 Å². The minimum Gasteiger partial charge on any atom is -0.508 e. The molecule has 1 aliphatic rings. The van der Waals surface area contributed by atoms with Gasteiger partial charge in [0.25, 0.3) is 0 Å². The SMILES string of the molecule is Oc1cccc(C(C(F)F)C2CC2)c1. The maximum atomic E-state index is 12.7. The van der Waals surface area contributed by atoms with Crippen LogP contribution in [0.3, 0.4) is 0 Å². The summed E-state index contributed by atoms with van der Waals surface area (Å²) >= 11 is 0. The second-order valence-electron chi connectivity index (χ2n) is 3.79. The largest absolute Gasteiger partial charge is 0.508 e. The highest BCUT2D eigenvalue weighted by Gasteiger charge is 2.38. The number of alkyl halides is 2. The second-order valence-corrected chi connectivity index (χ2v) is 3.79. The first-order valence-corrected chi connectivity index (χ1v) is 4.75. The Hall–Kier alpha value is -1.12. The predicted molar refractivity (Wildman–Crippen MR) is 49.6 cm³/mol. The molecule has 1 N–H and O–H groups in total. The number of phenolic OH excluding ortho intramolecular Hbond substituents is 1. The molecule has 0 radical (unpaired) electrons. The van der Waals surface area contributed by atoms with Crippen molar-refractivity contribution in [2.45, 2.75) is 25.2 Å². The number of rotatable bonds is 3. The summed E-state index contributed by atoms with van der Waals surface area (Å²) in [6, 6.07) is 6.21. The van der Waals surface area contributed by atoms with E-state index in [1.54, 1.807) is 12.1 Å². The molecule has 14 heavy (non-hydrogen) atoms. The van der Waals surface area contributed by atoms with E-state index < -0.39 is 12.3 Å². The topological polar surface area (TPSA) is 20.2 Å². The average Bonchev–Trinajstić information content (AvgIpc) is 2.88. The summed E-state index contributed by atoms with van der Waals surface area (Å²) in [5, 5.41) is 9.20. The van der Waals surface area contributed by atoms with E-state index in [-0.39, 0.29) is 11.7 Å². The van der Waals surface area contributed by atoms with Gasteiger partial charge < -0.3 is 5.11 Å². The highest BCUT2D eigenvalue weighted by atomic mass is 19.3. The lowest BCUT2D eigenvalue weighted by Gasteiger charge is -2.15. The highest BCUT2D eigenvalue weighted by Crippen LogP contribution is 2.46. The first-order chi connectivity index (χ1) is 6.68. The summed E-state index contributed by atoms with van der Waals surface area (Å²) < 4.78 is 25.5. The quantitative estimate of drug-likeness (QED) is 0.791. The van der Waals surface area contributed by atoms with Crippen LogP contribution in [-0.4, -0.2) is 11.5 Å². The normalized spacial score (nSPS) is 18.5. The number of aromatic hydroxyl groups is 1. The molecule has 1 nitrogen and oxygen atoms in total. The first-order valence-electron chi connectivity index (χ1n) is 4.75. The number of hydrogen-bond donors (Lipinski definition) is 1. The summed E-state index contributed by atoms with van der Waals surface area (Å²) in [4.78, 5) is 0. The molecule has 0 spiro atoms. The molecule has 1 aliphatic carbocycles.